The van der Waals surface area contributed by atoms with Gasteiger partial charge in [-0.3, -0.25) is 14.4 Å². The molecule has 1 heterocycles. The highest BCUT2D eigenvalue weighted by molar-refractivity contribution is 6.53. The van der Waals surface area contributed by atoms with Crippen molar-refractivity contribution in [3.8, 4) is 0 Å². The van der Waals surface area contributed by atoms with Crippen LogP contribution in [0.4, 0.5) is 17.1 Å². The van der Waals surface area contributed by atoms with E-state index in [1.165, 1.54) is 0 Å². The first-order valence-corrected chi connectivity index (χ1v) is 11.3. The third-order valence-electron chi connectivity index (χ3n) is 5.32. The summed E-state index contributed by atoms with van der Waals surface area (Å²) in [5.74, 6) is -1.62. The van der Waals surface area contributed by atoms with Crippen LogP contribution < -0.4 is 15.5 Å². The molecule has 3 aromatic carbocycles. The third kappa shape index (κ3) is 4.66. The first-order chi connectivity index (χ1) is 16.2. The second kappa shape index (κ2) is 9.50. The number of anilines is 3. The van der Waals surface area contributed by atoms with E-state index >= 15 is 0 Å². The maximum absolute atomic E-state index is 13.0. The average Bonchev–Trinajstić information content (AvgIpc) is 3.01. The summed E-state index contributed by atoms with van der Waals surface area (Å²) >= 11 is 18.2. The highest BCUT2D eigenvalue weighted by Crippen LogP contribution is 2.32. The van der Waals surface area contributed by atoms with Crippen LogP contribution in [0, 0.1) is 13.8 Å². The Kier molecular flexibility index (Phi) is 6.66. The number of halogens is 3. The topological polar surface area (TPSA) is 78.5 Å². The summed E-state index contributed by atoms with van der Waals surface area (Å²) in [6.07, 6.45) is 0. The number of benzene rings is 3. The van der Waals surface area contributed by atoms with Gasteiger partial charge in [0.05, 0.1) is 5.69 Å². The fourth-order valence-corrected chi connectivity index (χ4v) is 3.90. The smallest absolute Gasteiger partial charge is 0.283 e. The molecule has 0 spiro atoms. The van der Waals surface area contributed by atoms with Crippen molar-refractivity contribution >= 4 is 69.6 Å². The standard InChI is InChI=1S/C25H18Cl3N3O3/c1-13-3-5-15(23(32)30-20-12-17(27)6-4-14(20)2)11-19(13)29-22-21(28)24(33)31(25(22)34)18-9-7-16(26)8-10-18/h3-12,29H,1-2H3,(H,30,32). The lowest BCUT2D eigenvalue weighted by Crippen LogP contribution is -2.32. The first-order valence-electron chi connectivity index (χ1n) is 10.1. The molecule has 0 saturated heterocycles. The number of nitrogens with zero attached hydrogens (tertiary/aromatic N) is 1. The van der Waals surface area contributed by atoms with Crippen molar-refractivity contribution < 1.29 is 14.4 Å². The minimum absolute atomic E-state index is 0.0760. The van der Waals surface area contributed by atoms with Crippen molar-refractivity contribution in [3.63, 3.8) is 0 Å². The number of imide groups is 1. The predicted molar refractivity (Wildman–Crippen MR) is 136 cm³/mol. The van der Waals surface area contributed by atoms with Crippen LogP contribution in [0.2, 0.25) is 10.0 Å². The molecule has 9 heteroatoms. The van der Waals surface area contributed by atoms with Crippen molar-refractivity contribution in [2.24, 2.45) is 0 Å². The molecule has 2 N–H and O–H groups in total. The molecule has 6 nitrogen and oxygen atoms in total. The summed E-state index contributed by atoms with van der Waals surface area (Å²) in [6.45, 7) is 3.66. The molecule has 0 fully saturated rings. The minimum atomic E-state index is -0.653. The summed E-state index contributed by atoms with van der Waals surface area (Å²) in [4.78, 5) is 39.6. The van der Waals surface area contributed by atoms with Crippen LogP contribution in [0.15, 0.2) is 71.4 Å². The fourth-order valence-electron chi connectivity index (χ4n) is 3.39. The lowest BCUT2D eigenvalue weighted by atomic mass is 10.1. The van der Waals surface area contributed by atoms with E-state index in [-0.39, 0.29) is 16.6 Å². The quantitative estimate of drug-likeness (QED) is 0.392. The number of aryl methyl sites for hydroxylation is 2. The number of nitrogens with one attached hydrogen (secondary N) is 2. The molecule has 0 aliphatic carbocycles. The van der Waals surface area contributed by atoms with Gasteiger partial charge in [-0.05, 0) is 73.5 Å². The van der Waals surface area contributed by atoms with E-state index in [0.717, 1.165) is 16.0 Å². The van der Waals surface area contributed by atoms with Gasteiger partial charge in [0.15, 0.2) is 0 Å². The number of amides is 3. The molecule has 172 valence electrons. The molecule has 34 heavy (non-hydrogen) atoms. The van der Waals surface area contributed by atoms with Gasteiger partial charge in [-0.25, -0.2) is 4.90 Å². The molecule has 4 rings (SSSR count). The lowest BCUT2D eigenvalue weighted by Gasteiger charge is -2.16. The monoisotopic (exact) mass is 513 g/mol. The van der Waals surface area contributed by atoms with Crippen molar-refractivity contribution in [1.82, 2.24) is 0 Å². The molecule has 0 aromatic heterocycles. The summed E-state index contributed by atoms with van der Waals surface area (Å²) in [6, 6.07) is 16.5. The maximum atomic E-state index is 13.0. The van der Waals surface area contributed by atoms with E-state index in [9.17, 15) is 14.4 Å². The van der Waals surface area contributed by atoms with Gasteiger partial charge in [0.2, 0.25) is 0 Å². The van der Waals surface area contributed by atoms with Gasteiger partial charge >= 0.3 is 0 Å². The van der Waals surface area contributed by atoms with Crippen molar-refractivity contribution in [2.45, 2.75) is 13.8 Å². The number of rotatable bonds is 5. The molecular formula is C25H18Cl3N3O3. The van der Waals surface area contributed by atoms with Gasteiger partial charge in [0.1, 0.15) is 10.7 Å². The molecule has 0 atom stereocenters. The molecule has 3 aromatic rings. The minimum Gasteiger partial charge on any atom is -0.349 e. The molecule has 1 aliphatic heterocycles. The Morgan fingerprint density at radius 3 is 2.09 bits per heavy atom. The Labute approximate surface area is 211 Å². The lowest BCUT2D eigenvalue weighted by molar-refractivity contribution is -0.120. The SMILES string of the molecule is Cc1ccc(Cl)cc1NC(=O)c1ccc(C)c(NC2=C(Cl)C(=O)N(c3ccc(Cl)cc3)C2=O)c1. The Morgan fingerprint density at radius 2 is 1.38 bits per heavy atom. The second-order valence-electron chi connectivity index (χ2n) is 7.68. The Bertz CT molecular complexity index is 1370. The second-order valence-corrected chi connectivity index (χ2v) is 8.93. The molecular weight excluding hydrogens is 497 g/mol. The van der Waals surface area contributed by atoms with Crippen molar-refractivity contribution in [2.75, 3.05) is 15.5 Å². The van der Waals surface area contributed by atoms with Crippen LogP contribution in [0.3, 0.4) is 0 Å². The van der Waals surface area contributed by atoms with Gasteiger partial charge in [0, 0.05) is 27.0 Å². The Morgan fingerprint density at radius 1 is 0.765 bits per heavy atom. The van der Waals surface area contributed by atoms with E-state index in [4.69, 9.17) is 34.8 Å². The van der Waals surface area contributed by atoms with Crippen LogP contribution in [0.25, 0.3) is 0 Å². The number of carbonyl (C=O) groups is 3. The Balaban J connectivity index is 1.59. The van der Waals surface area contributed by atoms with Gasteiger partial charge in [-0.1, -0.05) is 46.9 Å². The van der Waals surface area contributed by atoms with Gasteiger partial charge in [-0.15, -0.1) is 0 Å². The fraction of sp³-hybridized carbons (Fsp3) is 0.0800. The Hall–Kier alpha value is -3.32. The normalized spacial score (nSPS) is 13.5. The maximum Gasteiger partial charge on any atom is 0.283 e. The van der Waals surface area contributed by atoms with Crippen LogP contribution in [0.1, 0.15) is 21.5 Å². The van der Waals surface area contributed by atoms with E-state index in [2.05, 4.69) is 10.6 Å². The van der Waals surface area contributed by atoms with Gasteiger partial charge in [-0.2, -0.15) is 0 Å². The molecule has 0 unspecified atom stereocenters. The highest BCUT2D eigenvalue weighted by Gasteiger charge is 2.39. The average molecular weight is 515 g/mol. The van der Waals surface area contributed by atoms with Crippen molar-refractivity contribution in [1.29, 1.82) is 0 Å². The van der Waals surface area contributed by atoms with E-state index in [0.29, 0.717) is 32.7 Å². The van der Waals surface area contributed by atoms with Crippen LogP contribution in [-0.4, -0.2) is 17.7 Å². The number of hydrogen-bond donors (Lipinski definition) is 2. The first kappa shape index (κ1) is 23.8. The van der Waals surface area contributed by atoms with E-state index in [1.807, 2.05) is 13.0 Å². The van der Waals surface area contributed by atoms with E-state index in [1.54, 1.807) is 61.5 Å². The summed E-state index contributed by atoms with van der Waals surface area (Å²) in [5.41, 5.74) is 3.27. The zero-order valence-corrected chi connectivity index (χ0v) is 20.3. The third-order valence-corrected chi connectivity index (χ3v) is 6.16. The zero-order chi connectivity index (χ0) is 24.6. The summed E-state index contributed by atoms with van der Waals surface area (Å²) in [5, 5.41) is 6.50. The molecule has 0 bridgehead atoms. The molecule has 0 saturated carbocycles. The number of carbonyl (C=O) groups excluding carboxylic acids is 3. The molecule has 0 radical (unpaired) electrons. The highest BCUT2D eigenvalue weighted by atomic mass is 35.5. The van der Waals surface area contributed by atoms with Crippen LogP contribution in [-0.2, 0) is 9.59 Å². The number of hydrogen-bond acceptors (Lipinski definition) is 4. The van der Waals surface area contributed by atoms with Gasteiger partial charge in [0.25, 0.3) is 17.7 Å². The van der Waals surface area contributed by atoms with E-state index < -0.39 is 11.8 Å². The van der Waals surface area contributed by atoms with Crippen molar-refractivity contribution in [3.05, 3.63) is 98.1 Å². The predicted octanol–water partition coefficient (Wildman–Crippen LogP) is 6.30. The summed E-state index contributed by atoms with van der Waals surface area (Å²) < 4.78 is 0. The van der Waals surface area contributed by atoms with Crippen LogP contribution >= 0.6 is 34.8 Å². The zero-order valence-electron chi connectivity index (χ0n) is 18.1. The van der Waals surface area contributed by atoms with Crippen LogP contribution in [0.5, 0.6) is 0 Å². The largest absolute Gasteiger partial charge is 0.349 e. The molecule has 1 aliphatic rings. The molecule has 3 amide bonds. The van der Waals surface area contributed by atoms with Gasteiger partial charge < -0.3 is 10.6 Å². The summed E-state index contributed by atoms with van der Waals surface area (Å²) in [7, 11) is 0.